The van der Waals surface area contributed by atoms with E-state index in [2.05, 4.69) is 95.3 Å². The first-order valence-electron chi connectivity index (χ1n) is 7.49. The van der Waals surface area contributed by atoms with Crippen LogP contribution in [0.1, 0.15) is 39.2 Å². The lowest BCUT2D eigenvalue weighted by atomic mass is 10.1. The van der Waals surface area contributed by atoms with Gasteiger partial charge in [-0.1, -0.05) is 65.8 Å². The molecule has 0 amide bonds. The third-order valence-corrected chi connectivity index (χ3v) is 3.93. The zero-order chi connectivity index (χ0) is 15.5. The first-order valence-corrected chi connectivity index (χ1v) is 8.45. The molecule has 0 atom stereocenters. The summed E-state index contributed by atoms with van der Waals surface area (Å²) in [5.41, 5.74) is 4.14. The van der Waals surface area contributed by atoms with Crippen molar-refractivity contribution in [3.63, 3.8) is 0 Å². The zero-order valence-electron chi connectivity index (χ0n) is 13.3. The number of rotatable bonds is 8. The summed E-state index contributed by atoms with van der Waals surface area (Å²) >= 11 is 2.39. The maximum Gasteiger partial charge on any atom is 0.0268 e. The molecule has 0 unspecified atom stereocenters. The largest absolute Gasteiger partial charge is 0.240 e. The molecule has 0 fully saturated rings. The van der Waals surface area contributed by atoms with Gasteiger partial charge in [-0.15, -0.1) is 0 Å². The topological polar surface area (TPSA) is 3.24 Å². The molecule has 0 radical (unpaired) electrons. The van der Waals surface area contributed by atoms with E-state index in [9.17, 15) is 0 Å². The second kappa shape index (κ2) is 10.8. The molecule has 1 rings (SSSR count). The molecule has 1 nitrogen and oxygen atoms in total. The molecule has 0 saturated heterocycles. The van der Waals surface area contributed by atoms with E-state index in [1.54, 1.807) is 0 Å². The summed E-state index contributed by atoms with van der Waals surface area (Å²) < 4.78 is 2.29. The number of allylic oxidation sites excluding steroid dienone is 3. The summed E-state index contributed by atoms with van der Waals surface area (Å²) in [6.45, 7) is 8.51. The van der Waals surface area contributed by atoms with Crippen LogP contribution in [0, 0.1) is 0 Å². The average Bonchev–Trinajstić information content (AvgIpc) is 2.46. The predicted octanol–water partition coefficient (Wildman–Crippen LogP) is 6.04. The normalized spacial score (nSPS) is 12.1. The lowest BCUT2D eigenvalue weighted by Crippen LogP contribution is -2.10. The maximum atomic E-state index is 2.39. The highest BCUT2D eigenvalue weighted by Crippen LogP contribution is 2.09. The molecule has 0 heterocycles. The van der Waals surface area contributed by atoms with E-state index in [1.807, 2.05) is 6.07 Å². The molecular formula is C19H26IN. The molecule has 0 aliphatic heterocycles. The highest BCUT2D eigenvalue weighted by atomic mass is 127. The van der Waals surface area contributed by atoms with Crippen LogP contribution in [0.5, 0.6) is 0 Å². The van der Waals surface area contributed by atoms with Gasteiger partial charge >= 0.3 is 0 Å². The third kappa shape index (κ3) is 9.64. The maximum absolute atomic E-state index is 2.39. The van der Waals surface area contributed by atoms with Gasteiger partial charge < -0.3 is 0 Å². The Bertz CT molecular complexity index is 482. The molecule has 0 N–H and O–H groups in total. The van der Waals surface area contributed by atoms with E-state index in [-0.39, 0.29) is 0 Å². The van der Waals surface area contributed by atoms with Crippen LogP contribution < -0.4 is 0 Å². The van der Waals surface area contributed by atoms with Crippen molar-refractivity contribution in [1.29, 1.82) is 0 Å². The highest BCUT2D eigenvalue weighted by molar-refractivity contribution is 14.1. The second-order valence-corrected chi connectivity index (χ2v) is 6.88. The molecular weight excluding hydrogens is 369 g/mol. The minimum atomic E-state index is 0.965. The van der Waals surface area contributed by atoms with Gasteiger partial charge in [0.1, 0.15) is 0 Å². The fraction of sp³-hybridized carbons (Fsp3) is 0.368. The van der Waals surface area contributed by atoms with Crippen molar-refractivity contribution < 1.29 is 0 Å². The van der Waals surface area contributed by atoms with Gasteiger partial charge in [-0.25, -0.2) is 3.11 Å². The minimum absolute atomic E-state index is 0.965. The SMILES string of the molecule is CC(C)=CCC/C(C)=C/CN(I)C/C=C/c1ccccc1. The van der Waals surface area contributed by atoms with Crippen LogP contribution in [0.3, 0.4) is 0 Å². The lowest BCUT2D eigenvalue weighted by Gasteiger charge is -2.09. The molecule has 21 heavy (non-hydrogen) atoms. The smallest absolute Gasteiger partial charge is 0.0268 e. The van der Waals surface area contributed by atoms with Gasteiger partial charge in [-0.2, -0.15) is 0 Å². The number of hydrogen-bond donors (Lipinski definition) is 0. The fourth-order valence-electron chi connectivity index (χ4n) is 1.89. The van der Waals surface area contributed by atoms with Crippen LogP contribution in [-0.2, 0) is 0 Å². The molecule has 0 aliphatic carbocycles. The fourth-order valence-corrected chi connectivity index (χ4v) is 2.31. The van der Waals surface area contributed by atoms with E-state index in [0.717, 1.165) is 25.9 Å². The Morgan fingerprint density at radius 1 is 1.05 bits per heavy atom. The first-order chi connectivity index (χ1) is 10.1. The molecule has 0 bridgehead atoms. The van der Waals surface area contributed by atoms with Gasteiger partial charge in [-0.3, -0.25) is 0 Å². The standard InChI is InChI=1S/C19H26IN/c1-17(2)9-7-10-18(3)14-16-21(20)15-8-13-19-11-5-4-6-12-19/h4-6,8-9,11-14H,7,10,15-16H2,1-3H3/b13-8+,18-14+. The van der Waals surface area contributed by atoms with Crippen molar-refractivity contribution in [3.05, 3.63) is 65.3 Å². The average molecular weight is 395 g/mol. The van der Waals surface area contributed by atoms with Crippen molar-refractivity contribution in [2.24, 2.45) is 0 Å². The molecule has 1 aromatic carbocycles. The van der Waals surface area contributed by atoms with Crippen molar-refractivity contribution >= 4 is 28.9 Å². The van der Waals surface area contributed by atoms with Gasteiger partial charge in [0.15, 0.2) is 0 Å². The van der Waals surface area contributed by atoms with Gasteiger partial charge in [0.25, 0.3) is 0 Å². The van der Waals surface area contributed by atoms with Gasteiger partial charge in [0.05, 0.1) is 0 Å². The van der Waals surface area contributed by atoms with E-state index in [4.69, 9.17) is 0 Å². The second-order valence-electron chi connectivity index (χ2n) is 5.51. The Morgan fingerprint density at radius 2 is 1.76 bits per heavy atom. The van der Waals surface area contributed by atoms with Crippen molar-refractivity contribution in [2.45, 2.75) is 33.6 Å². The summed E-state index contributed by atoms with van der Waals surface area (Å²) in [4.78, 5) is 0. The minimum Gasteiger partial charge on any atom is -0.240 e. The molecule has 0 aliphatic rings. The highest BCUT2D eigenvalue weighted by Gasteiger charge is 1.95. The number of benzene rings is 1. The molecule has 2 heteroatoms. The van der Waals surface area contributed by atoms with Gasteiger partial charge in [0.2, 0.25) is 0 Å². The third-order valence-electron chi connectivity index (χ3n) is 3.14. The van der Waals surface area contributed by atoms with Crippen LogP contribution in [0.4, 0.5) is 0 Å². The van der Waals surface area contributed by atoms with Crippen molar-refractivity contribution in [2.75, 3.05) is 13.1 Å². The number of halogens is 1. The first kappa shape index (κ1) is 18.2. The molecule has 114 valence electrons. The van der Waals surface area contributed by atoms with Gasteiger partial charge in [-0.05, 0) is 39.2 Å². The Kier molecular flexibility index (Phi) is 9.35. The Hall–Kier alpha value is -0.870. The van der Waals surface area contributed by atoms with E-state index < -0.39 is 0 Å². The predicted molar refractivity (Wildman–Crippen MR) is 103 cm³/mol. The van der Waals surface area contributed by atoms with Crippen LogP contribution in [0.15, 0.2) is 59.7 Å². The molecule has 0 spiro atoms. The molecule has 0 aromatic heterocycles. The van der Waals surface area contributed by atoms with E-state index >= 15 is 0 Å². The van der Waals surface area contributed by atoms with Crippen LogP contribution in [0.2, 0.25) is 0 Å². The summed E-state index contributed by atoms with van der Waals surface area (Å²) in [6, 6.07) is 10.4. The Labute approximate surface area is 143 Å². The lowest BCUT2D eigenvalue weighted by molar-refractivity contribution is 0.624. The monoisotopic (exact) mass is 395 g/mol. The van der Waals surface area contributed by atoms with Gasteiger partial charge in [0, 0.05) is 36.0 Å². The summed E-state index contributed by atoms with van der Waals surface area (Å²) in [5.74, 6) is 0. The summed E-state index contributed by atoms with van der Waals surface area (Å²) in [5, 5.41) is 0. The quantitative estimate of drug-likeness (QED) is 0.295. The van der Waals surface area contributed by atoms with Crippen LogP contribution in [-0.4, -0.2) is 16.2 Å². The number of nitrogens with zero attached hydrogens (tertiary/aromatic N) is 1. The van der Waals surface area contributed by atoms with E-state index in [1.165, 1.54) is 16.7 Å². The molecule has 0 saturated carbocycles. The van der Waals surface area contributed by atoms with Crippen molar-refractivity contribution in [3.8, 4) is 0 Å². The Morgan fingerprint density at radius 3 is 2.43 bits per heavy atom. The van der Waals surface area contributed by atoms with E-state index in [0.29, 0.717) is 0 Å². The van der Waals surface area contributed by atoms with Crippen molar-refractivity contribution in [1.82, 2.24) is 3.11 Å². The summed E-state index contributed by atoms with van der Waals surface area (Å²) in [6.07, 6.45) is 11.4. The van der Waals surface area contributed by atoms with Crippen LogP contribution in [0.25, 0.3) is 6.08 Å². The van der Waals surface area contributed by atoms with Crippen LogP contribution >= 0.6 is 22.9 Å². The molecule has 1 aromatic rings. The number of hydrogen-bond acceptors (Lipinski definition) is 1. The Balaban J connectivity index is 2.28. The zero-order valence-corrected chi connectivity index (χ0v) is 15.5. The summed E-state index contributed by atoms with van der Waals surface area (Å²) in [7, 11) is 0.